The monoisotopic (exact) mass is 423 g/mol. The molecule has 6 nitrogen and oxygen atoms in total. The Morgan fingerprint density at radius 2 is 1.90 bits per heavy atom. The van der Waals surface area contributed by atoms with Crippen molar-refractivity contribution in [2.24, 2.45) is 0 Å². The van der Waals surface area contributed by atoms with Crippen LogP contribution in [0.2, 0.25) is 5.02 Å². The van der Waals surface area contributed by atoms with Gasteiger partial charge in [-0.05, 0) is 50.4 Å². The zero-order chi connectivity index (χ0) is 21.5. The average molecular weight is 424 g/mol. The Balaban J connectivity index is 1.58. The van der Waals surface area contributed by atoms with E-state index in [1.54, 1.807) is 4.57 Å². The zero-order valence-electron chi connectivity index (χ0n) is 17.0. The normalized spacial score (nSPS) is 11.7. The van der Waals surface area contributed by atoms with Crippen LogP contribution in [0.3, 0.4) is 0 Å². The van der Waals surface area contributed by atoms with Gasteiger partial charge in [-0.15, -0.1) is 0 Å². The van der Waals surface area contributed by atoms with Crippen LogP contribution in [-0.2, 0) is 16.1 Å². The Labute approximate surface area is 178 Å². The molecule has 0 aliphatic carbocycles. The molecule has 2 heterocycles. The summed E-state index contributed by atoms with van der Waals surface area (Å²) in [6.45, 7) is 5.59. The maximum atomic E-state index is 12.8. The van der Waals surface area contributed by atoms with E-state index in [1.807, 2.05) is 75.5 Å². The van der Waals surface area contributed by atoms with Crippen LogP contribution in [0.15, 0.2) is 54.7 Å². The third-order valence-corrected chi connectivity index (χ3v) is 5.01. The first-order valence-electron chi connectivity index (χ1n) is 9.59. The van der Waals surface area contributed by atoms with Gasteiger partial charge in [-0.25, -0.2) is 0 Å². The smallest absolute Gasteiger partial charge is 0.326 e. The number of nitrogens with one attached hydrogen (secondary N) is 2. The number of benzene rings is 2. The molecule has 2 aromatic heterocycles. The summed E-state index contributed by atoms with van der Waals surface area (Å²) in [5.74, 6) is -0.653. The van der Waals surface area contributed by atoms with Gasteiger partial charge in [0.15, 0.2) is 0 Å². The van der Waals surface area contributed by atoms with Crippen LogP contribution in [0.1, 0.15) is 31.3 Å². The molecule has 7 heteroatoms. The van der Waals surface area contributed by atoms with Crippen molar-refractivity contribution in [2.45, 2.75) is 32.9 Å². The Hall–Kier alpha value is -3.25. The van der Waals surface area contributed by atoms with Gasteiger partial charge in [0, 0.05) is 22.8 Å². The summed E-state index contributed by atoms with van der Waals surface area (Å²) < 4.78 is 7.21. The second-order valence-electron chi connectivity index (χ2n) is 8.12. The van der Waals surface area contributed by atoms with E-state index in [9.17, 15) is 9.59 Å². The molecular formula is C23H22ClN3O3. The first-order chi connectivity index (χ1) is 14.2. The number of esters is 1. The molecule has 0 radical (unpaired) electrons. The van der Waals surface area contributed by atoms with Crippen molar-refractivity contribution in [1.29, 1.82) is 0 Å². The SMILES string of the molecule is CC(C)(C)OC(=O)Cn1ccc2ccc(NC(=O)c3[nH]c4ccccc4c3Cl)cc21. The van der Waals surface area contributed by atoms with Gasteiger partial charge >= 0.3 is 5.97 Å². The van der Waals surface area contributed by atoms with Gasteiger partial charge in [-0.2, -0.15) is 0 Å². The summed E-state index contributed by atoms with van der Waals surface area (Å²) in [6.07, 6.45) is 1.83. The zero-order valence-corrected chi connectivity index (χ0v) is 17.7. The number of amides is 1. The number of carbonyl (C=O) groups excluding carboxylic acids is 2. The summed E-state index contributed by atoms with van der Waals surface area (Å²) >= 11 is 6.38. The molecule has 0 fully saturated rings. The first kappa shape index (κ1) is 20.0. The minimum atomic E-state index is -0.544. The molecule has 0 saturated carbocycles. The first-order valence-corrected chi connectivity index (χ1v) is 9.97. The molecule has 0 bridgehead atoms. The van der Waals surface area contributed by atoms with Crippen molar-refractivity contribution in [1.82, 2.24) is 9.55 Å². The fourth-order valence-corrected chi connectivity index (χ4v) is 3.67. The second-order valence-corrected chi connectivity index (χ2v) is 8.50. The summed E-state index contributed by atoms with van der Waals surface area (Å²) in [4.78, 5) is 28.1. The minimum absolute atomic E-state index is 0.0893. The number of aromatic amines is 1. The lowest BCUT2D eigenvalue weighted by Crippen LogP contribution is -2.26. The van der Waals surface area contributed by atoms with Gasteiger partial charge in [-0.3, -0.25) is 9.59 Å². The molecule has 4 rings (SSSR count). The van der Waals surface area contributed by atoms with Gasteiger partial charge in [0.1, 0.15) is 17.8 Å². The van der Waals surface area contributed by atoms with Crippen molar-refractivity contribution in [3.05, 3.63) is 65.4 Å². The predicted molar refractivity (Wildman–Crippen MR) is 119 cm³/mol. The van der Waals surface area contributed by atoms with Gasteiger partial charge < -0.3 is 19.6 Å². The highest BCUT2D eigenvalue weighted by atomic mass is 35.5. The number of rotatable bonds is 4. The third kappa shape index (κ3) is 4.04. The molecule has 154 valence electrons. The summed E-state index contributed by atoms with van der Waals surface area (Å²) in [5.41, 5.74) is 1.99. The second kappa shape index (κ2) is 7.54. The molecule has 1 amide bonds. The molecule has 0 unspecified atom stereocenters. The van der Waals surface area contributed by atoms with Crippen molar-refractivity contribution in [3.8, 4) is 0 Å². The van der Waals surface area contributed by atoms with E-state index >= 15 is 0 Å². The van der Waals surface area contributed by atoms with Crippen LogP contribution in [0, 0.1) is 0 Å². The van der Waals surface area contributed by atoms with E-state index in [2.05, 4.69) is 10.3 Å². The van der Waals surface area contributed by atoms with Crippen LogP contribution in [0.25, 0.3) is 21.8 Å². The van der Waals surface area contributed by atoms with Crippen LogP contribution in [0.4, 0.5) is 5.69 Å². The molecule has 0 saturated heterocycles. The molecule has 0 atom stereocenters. The lowest BCUT2D eigenvalue weighted by atomic mass is 10.2. The molecule has 2 aromatic carbocycles. The number of anilines is 1. The fourth-order valence-electron chi connectivity index (χ4n) is 3.37. The van der Waals surface area contributed by atoms with Gasteiger partial charge in [0.25, 0.3) is 5.91 Å². The van der Waals surface area contributed by atoms with Crippen molar-refractivity contribution in [2.75, 3.05) is 5.32 Å². The number of ether oxygens (including phenoxy) is 1. The van der Waals surface area contributed by atoms with Gasteiger partial charge in [-0.1, -0.05) is 35.9 Å². The number of para-hydroxylation sites is 1. The lowest BCUT2D eigenvalue weighted by molar-refractivity contribution is -0.155. The summed E-state index contributed by atoms with van der Waals surface area (Å²) in [7, 11) is 0. The number of carbonyl (C=O) groups is 2. The average Bonchev–Trinajstić information content (AvgIpc) is 3.22. The topological polar surface area (TPSA) is 76.1 Å². The van der Waals surface area contributed by atoms with E-state index in [1.165, 1.54) is 0 Å². The summed E-state index contributed by atoms with van der Waals surface area (Å²) in [6, 6.07) is 14.9. The molecule has 0 spiro atoms. The molecule has 0 aliphatic heterocycles. The maximum Gasteiger partial charge on any atom is 0.326 e. The largest absolute Gasteiger partial charge is 0.459 e. The van der Waals surface area contributed by atoms with Gasteiger partial charge in [0.2, 0.25) is 0 Å². The van der Waals surface area contributed by atoms with E-state index < -0.39 is 5.60 Å². The molecule has 2 N–H and O–H groups in total. The Morgan fingerprint density at radius 3 is 2.63 bits per heavy atom. The van der Waals surface area contributed by atoms with Crippen molar-refractivity contribution >= 4 is 51.0 Å². The number of halogens is 1. The number of hydrogen-bond donors (Lipinski definition) is 2. The Morgan fingerprint density at radius 1 is 1.13 bits per heavy atom. The fraction of sp³-hybridized carbons (Fsp3) is 0.217. The number of nitrogens with zero attached hydrogens (tertiary/aromatic N) is 1. The van der Waals surface area contributed by atoms with E-state index in [-0.39, 0.29) is 18.4 Å². The highest BCUT2D eigenvalue weighted by Gasteiger charge is 2.18. The van der Waals surface area contributed by atoms with Crippen LogP contribution < -0.4 is 5.32 Å². The molecule has 4 aromatic rings. The van der Waals surface area contributed by atoms with Crippen molar-refractivity contribution in [3.63, 3.8) is 0 Å². The minimum Gasteiger partial charge on any atom is -0.459 e. The van der Waals surface area contributed by atoms with E-state index in [0.29, 0.717) is 16.4 Å². The standard InChI is InChI=1S/C23H22ClN3O3/c1-23(2,3)30-19(28)13-27-11-10-14-8-9-15(12-18(14)27)25-22(29)21-20(24)16-6-4-5-7-17(16)26-21/h4-12,26H,13H2,1-3H3,(H,25,29). The predicted octanol–water partition coefficient (Wildman–Crippen LogP) is 5.37. The van der Waals surface area contributed by atoms with Crippen LogP contribution in [-0.4, -0.2) is 27.0 Å². The van der Waals surface area contributed by atoms with Crippen LogP contribution >= 0.6 is 11.6 Å². The number of H-pyrrole nitrogens is 1. The lowest BCUT2D eigenvalue weighted by Gasteiger charge is -2.19. The number of hydrogen-bond acceptors (Lipinski definition) is 3. The highest BCUT2D eigenvalue weighted by molar-refractivity contribution is 6.39. The quantitative estimate of drug-likeness (QED) is 0.433. The highest BCUT2D eigenvalue weighted by Crippen LogP contribution is 2.28. The number of fused-ring (bicyclic) bond motifs is 2. The van der Waals surface area contributed by atoms with E-state index in [0.717, 1.165) is 21.8 Å². The van der Waals surface area contributed by atoms with Crippen LogP contribution in [0.5, 0.6) is 0 Å². The maximum absolute atomic E-state index is 12.8. The molecular weight excluding hydrogens is 402 g/mol. The third-order valence-electron chi connectivity index (χ3n) is 4.62. The van der Waals surface area contributed by atoms with E-state index in [4.69, 9.17) is 16.3 Å². The Bertz CT molecular complexity index is 1260. The van der Waals surface area contributed by atoms with Crippen molar-refractivity contribution < 1.29 is 14.3 Å². The molecule has 30 heavy (non-hydrogen) atoms. The summed E-state index contributed by atoms with van der Waals surface area (Å²) in [5, 5.41) is 5.02. The Kier molecular flexibility index (Phi) is 5.03. The molecule has 0 aliphatic rings. The number of aromatic nitrogens is 2. The van der Waals surface area contributed by atoms with Gasteiger partial charge in [0.05, 0.1) is 10.5 Å².